The summed E-state index contributed by atoms with van der Waals surface area (Å²) < 4.78 is 0. The monoisotopic (exact) mass is 292 g/mol. The van der Waals surface area contributed by atoms with Crippen LogP contribution in [0.4, 0.5) is 5.69 Å². The largest absolute Gasteiger partial charge is 0.370 e. The van der Waals surface area contributed by atoms with Crippen LogP contribution in [0.1, 0.15) is 23.1 Å². The third-order valence-electron chi connectivity index (χ3n) is 4.25. The SMILES string of the molecule is CN(C)CC/C=C1/c2ccccc2CN(C)c2ccccc21. The second kappa shape index (κ2) is 6.37. The second-order valence-corrected chi connectivity index (χ2v) is 6.24. The molecule has 1 heterocycles. The lowest BCUT2D eigenvalue weighted by Crippen LogP contribution is -2.16. The summed E-state index contributed by atoms with van der Waals surface area (Å²) in [5.41, 5.74) is 6.80. The highest BCUT2D eigenvalue weighted by atomic mass is 15.1. The fourth-order valence-electron chi connectivity index (χ4n) is 3.13. The van der Waals surface area contributed by atoms with Crippen LogP contribution in [0.3, 0.4) is 0 Å². The average molecular weight is 292 g/mol. The predicted octanol–water partition coefficient (Wildman–Crippen LogP) is 4.02. The standard InChI is InChI=1S/C20H24N2/c1-21(2)14-8-12-18-17-10-5-4-9-16(17)15-22(3)20-13-7-6-11-19(18)20/h4-7,9-13H,8,14-15H2,1-3H3/b18-12-. The minimum atomic E-state index is 0.957. The van der Waals surface area contributed by atoms with Gasteiger partial charge in [0.05, 0.1) is 0 Å². The third-order valence-corrected chi connectivity index (χ3v) is 4.25. The Hall–Kier alpha value is -2.06. The Labute approximate surface area is 133 Å². The fourth-order valence-corrected chi connectivity index (χ4v) is 3.13. The number of rotatable bonds is 3. The van der Waals surface area contributed by atoms with Crippen molar-refractivity contribution in [2.75, 3.05) is 32.6 Å². The van der Waals surface area contributed by atoms with E-state index in [-0.39, 0.29) is 0 Å². The molecule has 0 aromatic heterocycles. The number of hydrogen-bond donors (Lipinski definition) is 0. The van der Waals surface area contributed by atoms with E-state index in [1.807, 2.05) is 0 Å². The van der Waals surface area contributed by atoms with Crippen LogP contribution in [0.2, 0.25) is 0 Å². The van der Waals surface area contributed by atoms with Gasteiger partial charge in [-0.05, 0) is 43.3 Å². The van der Waals surface area contributed by atoms with Gasteiger partial charge in [0.15, 0.2) is 0 Å². The molecular formula is C20H24N2. The first-order chi connectivity index (χ1) is 10.7. The van der Waals surface area contributed by atoms with E-state index in [0.717, 1.165) is 19.5 Å². The highest BCUT2D eigenvalue weighted by Gasteiger charge is 2.19. The van der Waals surface area contributed by atoms with Crippen LogP contribution < -0.4 is 4.90 Å². The third kappa shape index (κ3) is 2.93. The Morgan fingerprint density at radius 1 is 1.00 bits per heavy atom. The van der Waals surface area contributed by atoms with Gasteiger partial charge in [0.2, 0.25) is 0 Å². The number of hydrogen-bond acceptors (Lipinski definition) is 2. The number of nitrogens with zero attached hydrogens (tertiary/aromatic N) is 2. The molecule has 2 aromatic rings. The summed E-state index contributed by atoms with van der Waals surface area (Å²) in [6.45, 7) is 2.03. The molecule has 0 atom stereocenters. The van der Waals surface area contributed by atoms with E-state index in [2.05, 4.69) is 85.5 Å². The van der Waals surface area contributed by atoms with E-state index >= 15 is 0 Å². The van der Waals surface area contributed by atoms with Crippen molar-refractivity contribution in [1.29, 1.82) is 0 Å². The summed E-state index contributed by atoms with van der Waals surface area (Å²) >= 11 is 0. The quantitative estimate of drug-likeness (QED) is 0.843. The van der Waals surface area contributed by atoms with Gasteiger partial charge in [-0.15, -0.1) is 0 Å². The summed E-state index contributed by atoms with van der Waals surface area (Å²) in [7, 11) is 6.43. The molecule has 2 aromatic carbocycles. The topological polar surface area (TPSA) is 6.48 Å². The van der Waals surface area contributed by atoms with Crippen LogP contribution in [-0.2, 0) is 6.54 Å². The highest BCUT2D eigenvalue weighted by Crippen LogP contribution is 2.37. The molecule has 2 nitrogen and oxygen atoms in total. The Balaban J connectivity index is 2.11. The Morgan fingerprint density at radius 3 is 2.45 bits per heavy atom. The molecule has 0 bridgehead atoms. The van der Waals surface area contributed by atoms with Crippen LogP contribution in [0, 0.1) is 0 Å². The van der Waals surface area contributed by atoms with Gasteiger partial charge in [-0.25, -0.2) is 0 Å². The lowest BCUT2D eigenvalue weighted by atomic mass is 9.93. The van der Waals surface area contributed by atoms with Crippen molar-refractivity contribution in [2.45, 2.75) is 13.0 Å². The average Bonchev–Trinajstić information content (AvgIpc) is 2.63. The van der Waals surface area contributed by atoms with Gasteiger partial charge in [0.25, 0.3) is 0 Å². The molecule has 0 saturated heterocycles. The molecule has 0 amide bonds. The fraction of sp³-hybridized carbons (Fsp3) is 0.300. The maximum atomic E-state index is 2.40. The van der Waals surface area contributed by atoms with E-state index in [0.29, 0.717) is 0 Å². The Morgan fingerprint density at radius 2 is 1.68 bits per heavy atom. The number of benzene rings is 2. The molecule has 0 unspecified atom stereocenters. The van der Waals surface area contributed by atoms with Crippen molar-refractivity contribution < 1.29 is 0 Å². The predicted molar refractivity (Wildman–Crippen MR) is 95.2 cm³/mol. The van der Waals surface area contributed by atoms with Crippen LogP contribution in [0.5, 0.6) is 0 Å². The minimum Gasteiger partial charge on any atom is -0.370 e. The normalized spacial score (nSPS) is 15.6. The second-order valence-electron chi connectivity index (χ2n) is 6.24. The van der Waals surface area contributed by atoms with Crippen LogP contribution >= 0.6 is 0 Å². The zero-order chi connectivity index (χ0) is 15.5. The maximum Gasteiger partial charge on any atom is 0.0446 e. The molecule has 0 spiro atoms. The molecule has 2 heteroatoms. The first kappa shape index (κ1) is 14.9. The molecule has 1 aliphatic heterocycles. The van der Waals surface area contributed by atoms with Crippen LogP contribution in [-0.4, -0.2) is 32.6 Å². The van der Waals surface area contributed by atoms with Crippen molar-refractivity contribution in [3.63, 3.8) is 0 Å². The smallest absolute Gasteiger partial charge is 0.0446 e. The van der Waals surface area contributed by atoms with Crippen molar-refractivity contribution >= 4 is 11.3 Å². The van der Waals surface area contributed by atoms with Gasteiger partial charge in [0, 0.05) is 31.4 Å². The summed E-state index contributed by atoms with van der Waals surface area (Å²) in [6.07, 6.45) is 3.46. The molecule has 114 valence electrons. The molecule has 0 saturated carbocycles. The van der Waals surface area contributed by atoms with Gasteiger partial charge in [-0.2, -0.15) is 0 Å². The molecule has 0 N–H and O–H groups in total. The highest BCUT2D eigenvalue weighted by molar-refractivity contribution is 5.89. The molecule has 0 fully saturated rings. The van der Waals surface area contributed by atoms with Crippen molar-refractivity contribution in [2.24, 2.45) is 0 Å². The van der Waals surface area contributed by atoms with E-state index in [1.165, 1.54) is 28.0 Å². The zero-order valence-electron chi connectivity index (χ0n) is 13.7. The molecule has 22 heavy (non-hydrogen) atoms. The van der Waals surface area contributed by atoms with Gasteiger partial charge in [-0.3, -0.25) is 0 Å². The Kier molecular flexibility index (Phi) is 4.30. The minimum absolute atomic E-state index is 0.957. The summed E-state index contributed by atoms with van der Waals surface area (Å²) in [5, 5.41) is 0. The van der Waals surface area contributed by atoms with E-state index in [1.54, 1.807) is 0 Å². The van der Waals surface area contributed by atoms with Crippen molar-refractivity contribution in [3.8, 4) is 0 Å². The maximum absolute atomic E-state index is 2.40. The van der Waals surface area contributed by atoms with Crippen LogP contribution in [0.15, 0.2) is 54.6 Å². The first-order valence-electron chi connectivity index (χ1n) is 7.90. The first-order valence-corrected chi connectivity index (χ1v) is 7.90. The van der Waals surface area contributed by atoms with Gasteiger partial charge in [-0.1, -0.05) is 48.5 Å². The summed E-state index contributed by atoms with van der Waals surface area (Å²) in [4.78, 5) is 4.58. The summed E-state index contributed by atoms with van der Waals surface area (Å²) in [6, 6.07) is 17.5. The molecule has 1 aliphatic rings. The molecule has 0 aliphatic carbocycles. The molecule has 0 radical (unpaired) electrons. The Bertz CT molecular complexity index is 686. The lowest BCUT2D eigenvalue weighted by molar-refractivity contribution is 0.417. The number of fused-ring (bicyclic) bond motifs is 2. The van der Waals surface area contributed by atoms with E-state index < -0.39 is 0 Å². The summed E-state index contributed by atoms with van der Waals surface area (Å²) in [5.74, 6) is 0. The molecule has 3 rings (SSSR count). The number of anilines is 1. The van der Waals surface area contributed by atoms with Crippen molar-refractivity contribution in [1.82, 2.24) is 4.90 Å². The van der Waals surface area contributed by atoms with Gasteiger partial charge >= 0.3 is 0 Å². The molecular weight excluding hydrogens is 268 g/mol. The lowest BCUT2D eigenvalue weighted by Gasteiger charge is -2.19. The van der Waals surface area contributed by atoms with Crippen LogP contribution in [0.25, 0.3) is 5.57 Å². The van der Waals surface area contributed by atoms with Crippen molar-refractivity contribution in [3.05, 3.63) is 71.3 Å². The van der Waals surface area contributed by atoms with E-state index in [9.17, 15) is 0 Å². The van der Waals surface area contributed by atoms with Gasteiger partial charge in [0.1, 0.15) is 0 Å². The van der Waals surface area contributed by atoms with Gasteiger partial charge < -0.3 is 9.80 Å². The zero-order valence-corrected chi connectivity index (χ0v) is 13.7. The number of para-hydroxylation sites is 1. The van der Waals surface area contributed by atoms with E-state index in [4.69, 9.17) is 0 Å².